The lowest BCUT2D eigenvalue weighted by atomic mass is 9.88. The van der Waals surface area contributed by atoms with Gasteiger partial charge in [-0.3, -0.25) is 8.75 Å². The van der Waals surface area contributed by atoms with Crippen molar-refractivity contribution in [2.75, 3.05) is 0 Å². The number of pyridine rings is 1. The first-order valence-corrected chi connectivity index (χ1v) is 7.66. The molecule has 2 aromatic heterocycles. The molecular weight excluding hydrogens is 268 g/mol. The molecule has 0 saturated carbocycles. The summed E-state index contributed by atoms with van der Waals surface area (Å²) in [5.74, 6) is 0. The fourth-order valence-corrected chi connectivity index (χ4v) is 4.13. The highest BCUT2D eigenvalue weighted by Crippen LogP contribution is 2.34. The third kappa shape index (κ3) is 1.72. The van der Waals surface area contributed by atoms with Gasteiger partial charge in [0.2, 0.25) is 0 Å². The van der Waals surface area contributed by atoms with Crippen LogP contribution < -0.4 is 5.56 Å². The van der Waals surface area contributed by atoms with E-state index in [1.165, 1.54) is 22.7 Å². The lowest BCUT2D eigenvalue weighted by Gasteiger charge is -2.25. The van der Waals surface area contributed by atoms with E-state index >= 15 is 0 Å². The Bertz CT molecular complexity index is 834. The molecule has 4 rings (SSSR count). The van der Waals surface area contributed by atoms with E-state index in [9.17, 15) is 4.79 Å². The van der Waals surface area contributed by atoms with Gasteiger partial charge in [-0.1, -0.05) is 24.3 Å². The Morgan fingerprint density at radius 2 is 2.10 bits per heavy atom. The molecule has 20 heavy (non-hydrogen) atoms. The van der Waals surface area contributed by atoms with E-state index in [1.807, 2.05) is 16.1 Å². The molecule has 1 atom stereocenters. The molecule has 1 aromatic carbocycles. The Hall–Kier alpha value is -1.94. The molecule has 0 N–H and O–H groups in total. The number of aryl methyl sites for hydroxylation is 1. The minimum absolute atomic E-state index is 0.0970. The number of nitrogens with zero attached hydrogens (tertiary/aromatic N) is 2. The van der Waals surface area contributed by atoms with Crippen LogP contribution in [0.5, 0.6) is 0 Å². The molecule has 3 nitrogen and oxygen atoms in total. The molecule has 0 amide bonds. The second-order valence-electron chi connectivity index (χ2n) is 5.19. The Morgan fingerprint density at radius 1 is 1.20 bits per heavy atom. The molecule has 100 valence electrons. The topological polar surface area (TPSA) is 34.9 Å². The van der Waals surface area contributed by atoms with Gasteiger partial charge >= 0.3 is 0 Å². The number of hydrogen-bond donors (Lipinski definition) is 0. The summed E-state index contributed by atoms with van der Waals surface area (Å²) >= 11 is 1.49. The van der Waals surface area contributed by atoms with Crippen LogP contribution >= 0.6 is 11.5 Å². The van der Waals surface area contributed by atoms with Gasteiger partial charge in [-0.2, -0.15) is 0 Å². The maximum atomic E-state index is 12.6. The van der Waals surface area contributed by atoms with Gasteiger partial charge in [-0.15, -0.1) is 0 Å². The standard InChI is InChI=1S/C16H14N2OS/c19-16-13-8-4-10-17-15(13)20-18(16)14-9-3-6-11-5-1-2-7-12(11)14/h1-2,4-5,7-8,10,14H,3,6,9H2/t14-/m0/s1. The summed E-state index contributed by atoms with van der Waals surface area (Å²) in [4.78, 5) is 17.7. The summed E-state index contributed by atoms with van der Waals surface area (Å²) in [6.45, 7) is 0. The predicted molar refractivity (Wildman–Crippen MR) is 81.4 cm³/mol. The quantitative estimate of drug-likeness (QED) is 0.686. The Morgan fingerprint density at radius 3 is 3.00 bits per heavy atom. The molecule has 1 aliphatic rings. The summed E-state index contributed by atoms with van der Waals surface area (Å²) in [5, 5.41) is 0.737. The van der Waals surface area contributed by atoms with Crippen LogP contribution in [0.25, 0.3) is 10.2 Å². The van der Waals surface area contributed by atoms with Crippen molar-refractivity contribution < 1.29 is 0 Å². The number of aromatic nitrogens is 2. The average Bonchev–Trinajstić information content (AvgIpc) is 2.84. The van der Waals surface area contributed by atoms with Crippen molar-refractivity contribution in [1.29, 1.82) is 0 Å². The molecule has 2 heterocycles. The van der Waals surface area contributed by atoms with Crippen molar-refractivity contribution in [3.63, 3.8) is 0 Å². The van der Waals surface area contributed by atoms with E-state index in [4.69, 9.17) is 0 Å². The Balaban J connectivity index is 1.93. The summed E-state index contributed by atoms with van der Waals surface area (Å²) in [6.07, 6.45) is 5.03. The van der Waals surface area contributed by atoms with Crippen molar-refractivity contribution in [2.24, 2.45) is 0 Å². The monoisotopic (exact) mass is 282 g/mol. The summed E-state index contributed by atoms with van der Waals surface area (Å²) in [7, 11) is 0. The molecule has 0 bridgehead atoms. The zero-order valence-electron chi connectivity index (χ0n) is 11.0. The summed E-state index contributed by atoms with van der Waals surface area (Å²) in [6, 6.07) is 12.3. The molecule has 0 radical (unpaired) electrons. The summed E-state index contributed by atoms with van der Waals surface area (Å²) in [5.41, 5.74) is 2.77. The maximum absolute atomic E-state index is 12.6. The van der Waals surface area contributed by atoms with Crippen LogP contribution in [0.15, 0.2) is 47.4 Å². The fraction of sp³-hybridized carbons (Fsp3) is 0.250. The molecular formula is C16H14N2OS. The molecule has 0 spiro atoms. The first kappa shape index (κ1) is 11.9. The zero-order chi connectivity index (χ0) is 13.5. The first-order chi connectivity index (χ1) is 9.84. The Labute approximate surface area is 120 Å². The van der Waals surface area contributed by atoms with E-state index in [2.05, 4.69) is 29.2 Å². The van der Waals surface area contributed by atoms with Crippen molar-refractivity contribution in [3.8, 4) is 0 Å². The van der Waals surface area contributed by atoms with Gasteiger partial charge in [0.05, 0.1) is 11.4 Å². The average molecular weight is 282 g/mol. The highest BCUT2D eigenvalue weighted by molar-refractivity contribution is 7.13. The molecule has 1 aliphatic carbocycles. The number of benzene rings is 1. The third-order valence-electron chi connectivity index (χ3n) is 4.01. The highest BCUT2D eigenvalue weighted by Gasteiger charge is 2.24. The maximum Gasteiger partial charge on any atom is 0.270 e. The van der Waals surface area contributed by atoms with Crippen molar-refractivity contribution >= 4 is 21.7 Å². The lowest BCUT2D eigenvalue weighted by molar-refractivity contribution is 0.509. The van der Waals surface area contributed by atoms with Crippen molar-refractivity contribution in [2.45, 2.75) is 25.3 Å². The van der Waals surface area contributed by atoms with Crippen molar-refractivity contribution in [1.82, 2.24) is 8.94 Å². The number of rotatable bonds is 1. The van der Waals surface area contributed by atoms with Gasteiger partial charge in [-0.25, -0.2) is 4.98 Å². The third-order valence-corrected chi connectivity index (χ3v) is 5.12. The first-order valence-electron chi connectivity index (χ1n) is 6.89. The number of fused-ring (bicyclic) bond motifs is 2. The van der Waals surface area contributed by atoms with Crippen LogP contribution in [0, 0.1) is 0 Å². The number of hydrogen-bond acceptors (Lipinski definition) is 3. The van der Waals surface area contributed by atoms with Crippen LogP contribution in [0.3, 0.4) is 0 Å². The minimum Gasteiger partial charge on any atom is -0.268 e. The van der Waals surface area contributed by atoms with Crippen LogP contribution in [-0.2, 0) is 6.42 Å². The fourth-order valence-electron chi connectivity index (χ4n) is 3.06. The minimum atomic E-state index is 0.0970. The smallest absolute Gasteiger partial charge is 0.268 e. The van der Waals surface area contributed by atoms with Crippen LogP contribution in [0.2, 0.25) is 0 Å². The van der Waals surface area contributed by atoms with Gasteiger partial charge in [0.1, 0.15) is 4.83 Å². The molecule has 0 saturated heterocycles. The second kappa shape index (κ2) is 4.56. The molecule has 0 unspecified atom stereocenters. The van der Waals surface area contributed by atoms with Crippen LogP contribution in [0.4, 0.5) is 0 Å². The van der Waals surface area contributed by atoms with Crippen LogP contribution in [0.1, 0.15) is 30.0 Å². The van der Waals surface area contributed by atoms with Gasteiger partial charge < -0.3 is 0 Å². The SMILES string of the molecule is O=c1c2cccnc2sn1[C@H]1CCCc2ccccc21. The Kier molecular flexibility index (Phi) is 2.70. The van der Waals surface area contributed by atoms with Gasteiger partial charge in [0.15, 0.2) is 0 Å². The van der Waals surface area contributed by atoms with E-state index < -0.39 is 0 Å². The molecule has 4 heteroatoms. The predicted octanol–water partition coefficient (Wildman–Crippen LogP) is 3.38. The van der Waals surface area contributed by atoms with Crippen LogP contribution in [-0.4, -0.2) is 8.94 Å². The molecule has 3 aromatic rings. The van der Waals surface area contributed by atoms with E-state index in [0.29, 0.717) is 0 Å². The highest BCUT2D eigenvalue weighted by atomic mass is 32.1. The van der Waals surface area contributed by atoms with E-state index in [1.54, 1.807) is 6.20 Å². The van der Waals surface area contributed by atoms with Gasteiger partial charge in [0, 0.05) is 6.20 Å². The molecule has 0 fully saturated rings. The summed E-state index contributed by atoms with van der Waals surface area (Å²) < 4.78 is 1.91. The second-order valence-corrected chi connectivity index (χ2v) is 6.15. The van der Waals surface area contributed by atoms with E-state index in [0.717, 1.165) is 29.5 Å². The zero-order valence-corrected chi connectivity index (χ0v) is 11.8. The largest absolute Gasteiger partial charge is 0.270 e. The van der Waals surface area contributed by atoms with Gasteiger partial charge in [0.25, 0.3) is 5.56 Å². The molecule has 0 aliphatic heterocycles. The lowest BCUT2D eigenvalue weighted by Crippen LogP contribution is -2.23. The van der Waals surface area contributed by atoms with E-state index in [-0.39, 0.29) is 11.6 Å². The van der Waals surface area contributed by atoms with Gasteiger partial charge in [-0.05, 0) is 54.1 Å². The normalized spacial score (nSPS) is 18.1. The van der Waals surface area contributed by atoms with Crippen molar-refractivity contribution in [3.05, 3.63) is 64.1 Å².